The van der Waals surface area contributed by atoms with Gasteiger partial charge in [-0.05, 0) is 80.2 Å². The molecule has 0 bridgehead atoms. The minimum absolute atomic E-state index is 1.13. The van der Waals surface area contributed by atoms with E-state index < -0.39 is 0 Å². The van der Waals surface area contributed by atoms with Gasteiger partial charge < -0.3 is 4.90 Å². The molecule has 1 aromatic rings. The molecule has 1 nitrogen and oxygen atoms in total. The molecule has 0 aromatic heterocycles. The number of benzene rings is 1. The van der Waals surface area contributed by atoms with E-state index in [2.05, 4.69) is 25.8 Å². The second kappa shape index (κ2) is 4.04. The van der Waals surface area contributed by atoms with Gasteiger partial charge in [-0.25, -0.2) is 0 Å². The van der Waals surface area contributed by atoms with Crippen LogP contribution in [0.5, 0.6) is 0 Å². The third-order valence-corrected chi connectivity index (χ3v) is 4.77. The fourth-order valence-electron chi connectivity index (χ4n) is 3.82. The summed E-state index contributed by atoms with van der Waals surface area (Å²) in [5.74, 6) is 0. The van der Waals surface area contributed by atoms with Gasteiger partial charge in [0.2, 0.25) is 0 Å². The number of hydrogen-bond donors (Lipinski definition) is 0. The summed E-state index contributed by atoms with van der Waals surface area (Å²) in [6.45, 7) is 5.76. The van der Waals surface area contributed by atoms with Crippen molar-refractivity contribution in [3.05, 3.63) is 27.8 Å². The molecule has 0 amide bonds. The van der Waals surface area contributed by atoms with E-state index in [0.717, 1.165) is 6.54 Å². The van der Waals surface area contributed by atoms with Crippen molar-refractivity contribution < 1.29 is 0 Å². The maximum absolute atomic E-state index is 2.48. The molecular weight excluding hydrogens is 206 g/mol. The summed E-state index contributed by atoms with van der Waals surface area (Å²) in [6, 6.07) is 0. The van der Waals surface area contributed by atoms with Gasteiger partial charge in [0.15, 0.2) is 0 Å². The number of rotatable bonds is 2. The van der Waals surface area contributed by atoms with E-state index in [9.17, 15) is 0 Å². The van der Waals surface area contributed by atoms with Crippen LogP contribution < -0.4 is 4.90 Å². The highest BCUT2D eigenvalue weighted by Crippen LogP contribution is 2.42. The minimum atomic E-state index is 1.13. The molecular formula is C16H23N. The lowest BCUT2D eigenvalue weighted by molar-refractivity contribution is 0.881. The molecule has 0 radical (unpaired) electrons. The summed E-state index contributed by atoms with van der Waals surface area (Å²) in [5, 5.41) is 0. The first kappa shape index (κ1) is 11.1. The van der Waals surface area contributed by atoms with Crippen LogP contribution in [0.3, 0.4) is 0 Å². The highest BCUT2D eigenvalue weighted by Gasteiger charge is 2.27. The minimum Gasteiger partial charge on any atom is -0.374 e. The van der Waals surface area contributed by atoms with Crippen molar-refractivity contribution in [3.8, 4) is 0 Å². The van der Waals surface area contributed by atoms with Gasteiger partial charge in [-0.3, -0.25) is 0 Å². The second-order valence-corrected chi connectivity index (χ2v) is 5.61. The van der Waals surface area contributed by atoms with Crippen molar-refractivity contribution in [2.45, 2.75) is 52.4 Å². The van der Waals surface area contributed by atoms with Crippen molar-refractivity contribution in [1.82, 2.24) is 0 Å². The first-order chi connectivity index (χ1) is 8.24. The summed E-state index contributed by atoms with van der Waals surface area (Å²) in [6.07, 6.45) is 7.98. The molecule has 17 heavy (non-hydrogen) atoms. The Kier molecular flexibility index (Phi) is 2.65. The van der Waals surface area contributed by atoms with Gasteiger partial charge >= 0.3 is 0 Å². The maximum atomic E-state index is 2.48. The maximum Gasteiger partial charge on any atom is 0.0434 e. The van der Waals surface area contributed by atoms with Crippen LogP contribution in [0.4, 0.5) is 5.69 Å². The van der Waals surface area contributed by atoms with Crippen LogP contribution in [0.1, 0.15) is 47.6 Å². The van der Waals surface area contributed by atoms with Gasteiger partial charge in [-0.2, -0.15) is 0 Å². The molecule has 1 heteroatoms. The van der Waals surface area contributed by atoms with Gasteiger partial charge in [0.1, 0.15) is 0 Å². The fourth-order valence-corrected chi connectivity index (χ4v) is 3.82. The monoisotopic (exact) mass is 229 g/mol. The van der Waals surface area contributed by atoms with Crippen molar-refractivity contribution in [2.24, 2.45) is 0 Å². The predicted octanol–water partition coefficient (Wildman–Crippen LogP) is 3.43. The van der Waals surface area contributed by atoms with Crippen LogP contribution in [0.15, 0.2) is 0 Å². The fraction of sp³-hybridized carbons (Fsp3) is 0.625. The average Bonchev–Trinajstić information content (AvgIpc) is 2.96. The van der Waals surface area contributed by atoms with Crippen LogP contribution in [-0.2, 0) is 25.7 Å². The lowest BCUT2D eigenvalue weighted by atomic mass is 9.92. The second-order valence-electron chi connectivity index (χ2n) is 5.61. The van der Waals surface area contributed by atoms with Gasteiger partial charge in [-0.1, -0.05) is 0 Å². The number of fused-ring (bicyclic) bond motifs is 2. The molecule has 92 valence electrons. The van der Waals surface area contributed by atoms with E-state index in [-0.39, 0.29) is 0 Å². The van der Waals surface area contributed by atoms with Crippen LogP contribution >= 0.6 is 0 Å². The summed E-state index contributed by atoms with van der Waals surface area (Å²) in [4.78, 5) is 2.48. The quantitative estimate of drug-likeness (QED) is 0.751. The zero-order chi connectivity index (χ0) is 12.0. The Labute approximate surface area is 105 Å². The molecule has 2 aliphatic rings. The SMILES string of the molecule is CCN(C)c1c2c(c(C)c3c1CCC3)CCC2. The number of hydrogen-bond acceptors (Lipinski definition) is 1. The van der Waals surface area contributed by atoms with Crippen LogP contribution in [-0.4, -0.2) is 13.6 Å². The summed E-state index contributed by atoms with van der Waals surface area (Å²) in [5.41, 5.74) is 10.0. The molecule has 0 saturated heterocycles. The largest absolute Gasteiger partial charge is 0.374 e. The summed E-state index contributed by atoms with van der Waals surface area (Å²) >= 11 is 0. The number of anilines is 1. The molecule has 2 aliphatic carbocycles. The molecule has 0 aliphatic heterocycles. The van der Waals surface area contributed by atoms with E-state index in [0.29, 0.717) is 0 Å². The van der Waals surface area contributed by atoms with Crippen LogP contribution in [0.2, 0.25) is 0 Å². The molecule has 3 rings (SSSR count). The molecule has 0 atom stereocenters. The zero-order valence-electron chi connectivity index (χ0n) is 11.4. The van der Waals surface area contributed by atoms with Crippen LogP contribution in [0.25, 0.3) is 0 Å². The molecule has 0 N–H and O–H groups in total. The van der Waals surface area contributed by atoms with Crippen molar-refractivity contribution in [3.63, 3.8) is 0 Å². The lowest BCUT2D eigenvalue weighted by Gasteiger charge is -2.26. The Morgan fingerprint density at radius 3 is 1.82 bits per heavy atom. The Hall–Kier alpha value is -0.980. The van der Waals surface area contributed by atoms with E-state index in [1.54, 1.807) is 33.5 Å². The first-order valence-corrected chi connectivity index (χ1v) is 7.11. The van der Waals surface area contributed by atoms with E-state index in [1.165, 1.54) is 38.5 Å². The van der Waals surface area contributed by atoms with E-state index in [4.69, 9.17) is 0 Å². The molecule has 0 saturated carbocycles. The van der Waals surface area contributed by atoms with Gasteiger partial charge in [-0.15, -0.1) is 0 Å². The Morgan fingerprint density at radius 1 is 0.882 bits per heavy atom. The Bertz CT molecular complexity index is 424. The predicted molar refractivity (Wildman–Crippen MR) is 74.2 cm³/mol. The molecule has 0 heterocycles. The van der Waals surface area contributed by atoms with E-state index in [1.807, 2.05) is 0 Å². The normalized spacial score (nSPS) is 17.1. The van der Waals surface area contributed by atoms with Crippen molar-refractivity contribution in [2.75, 3.05) is 18.5 Å². The van der Waals surface area contributed by atoms with Gasteiger partial charge in [0.25, 0.3) is 0 Å². The Morgan fingerprint density at radius 2 is 1.35 bits per heavy atom. The van der Waals surface area contributed by atoms with Gasteiger partial charge in [0.05, 0.1) is 0 Å². The highest BCUT2D eigenvalue weighted by molar-refractivity contribution is 5.69. The standard InChI is InChI=1S/C16H23N/c1-4-17(3)16-14-9-5-7-12(14)11(2)13-8-6-10-15(13)16/h4-10H2,1-3H3. The topological polar surface area (TPSA) is 3.24 Å². The smallest absolute Gasteiger partial charge is 0.0434 e. The third kappa shape index (κ3) is 1.51. The summed E-state index contributed by atoms with van der Waals surface area (Å²) in [7, 11) is 2.27. The molecule has 0 spiro atoms. The Balaban J connectivity index is 2.26. The highest BCUT2D eigenvalue weighted by atomic mass is 15.1. The summed E-state index contributed by atoms with van der Waals surface area (Å²) < 4.78 is 0. The van der Waals surface area contributed by atoms with E-state index >= 15 is 0 Å². The zero-order valence-corrected chi connectivity index (χ0v) is 11.4. The number of nitrogens with zero attached hydrogens (tertiary/aromatic N) is 1. The van der Waals surface area contributed by atoms with Gasteiger partial charge in [0, 0.05) is 19.3 Å². The third-order valence-electron chi connectivity index (χ3n) is 4.77. The molecule has 0 unspecified atom stereocenters. The first-order valence-electron chi connectivity index (χ1n) is 7.11. The van der Waals surface area contributed by atoms with Crippen LogP contribution in [0, 0.1) is 6.92 Å². The van der Waals surface area contributed by atoms with Crippen molar-refractivity contribution in [1.29, 1.82) is 0 Å². The molecule has 0 fully saturated rings. The average molecular weight is 229 g/mol. The lowest BCUT2D eigenvalue weighted by Crippen LogP contribution is -2.20. The molecule has 1 aromatic carbocycles. The van der Waals surface area contributed by atoms with Crippen molar-refractivity contribution >= 4 is 5.69 Å².